The van der Waals surface area contributed by atoms with Gasteiger partial charge in [-0.25, -0.2) is 4.39 Å². The number of halogens is 1. The summed E-state index contributed by atoms with van der Waals surface area (Å²) < 4.78 is 15.5. The van der Waals surface area contributed by atoms with Crippen LogP contribution in [0.15, 0.2) is 12.1 Å². The smallest absolute Gasteiger partial charge is 0.144 e. The average molecular weight is 179 g/mol. The Labute approximate surface area is 77.9 Å². The summed E-state index contributed by atoms with van der Waals surface area (Å²) >= 11 is 0. The van der Waals surface area contributed by atoms with Gasteiger partial charge in [-0.2, -0.15) is 0 Å². The highest BCUT2D eigenvalue weighted by Gasteiger charge is 2.23. The number of hydrogen-bond donors (Lipinski definition) is 0. The lowest BCUT2D eigenvalue weighted by atomic mass is 9.96. The van der Waals surface area contributed by atoms with Crippen LogP contribution in [0.1, 0.15) is 36.5 Å². The van der Waals surface area contributed by atoms with E-state index in [4.69, 9.17) is 0 Å². The van der Waals surface area contributed by atoms with Gasteiger partial charge in [0, 0.05) is 24.7 Å². The van der Waals surface area contributed by atoms with E-state index >= 15 is 0 Å². The van der Waals surface area contributed by atoms with E-state index in [-0.39, 0.29) is 0 Å². The van der Waals surface area contributed by atoms with Crippen LogP contribution in [-0.2, 0) is 7.05 Å². The summed E-state index contributed by atoms with van der Waals surface area (Å²) in [6.07, 6.45) is 1.68. The molecule has 2 heteroatoms. The van der Waals surface area contributed by atoms with E-state index in [2.05, 4.69) is 6.07 Å². The second kappa shape index (κ2) is 2.72. The van der Waals surface area contributed by atoms with Crippen LogP contribution in [0.3, 0.4) is 0 Å². The minimum absolute atomic E-state index is 0.524. The van der Waals surface area contributed by atoms with Crippen molar-refractivity contribution >= 4 is 5.57 Å². The van der Waals surface area contributed by atoms with Gasteiger partial charge < -0.3 is 4.57 Å². The van der Waals surface area contributed by atoms with Crippen molar-refractivity contribution in [2.45, 2.75) is 26.4 Å². The molecular formula is C11H14FN. The Kier molecular flexibility index (Phi) is 1.79. The van der Waals surface area contributed by atoms with Gasteiger partial charge in [-0.05, 0) is 25.5 Å². The van der Waals surface area contributed by atoms with Crippen LogP contribution < -0.4 is 0 Å². The molecule has 0 aromatic carbocycles. The van der Waals surface area contributed by atoms with Crippen molar-refractivity contribution in [1.82, 2.24) is 4.57 Å². The lowest BCUT2D eigenvalue weighted by molar-refractivity contribution is 0.328. The second-order valence-electron chi connectivity index (χ2n) is 3.73. The van der Waals surface area contributed by atoms with E-state index in [1.807, 2.05) is 31.5 Å². The van der Waals surface area contributed by atoms with Crippen LogP contribution in [0.2, 0.25) is 0 Å². The van der Waals surface area contributed by atoms with Gasteiger partial charge in [-0.3, -0.25) is 0 Å². The van der Waals surface area contributed by atoms with Crippen LogP contribution >= 0.6 is 0 Å². The largest absolute Gasteiger partial charge is 0.349 e. The van der Waals surface area contributed by atoms with Gasteiger partial charge in [0.25, 0.3) is 0 Å². The molecule has 0 saturated heterocycles. The fourth-order valence-electron chi connectivity index (χ4n) is 1.95. The van der Waals surface area contributed by atoms with Gasteiger partial charge in [0.2, 0.25) is 0 Å². The Morgan fingerprint density at radius 1 is 1.46 bits per heavy atom. The predicted molar refractivity (Wildman–Crippen MR) is 52.3 cm³/mol. The lowest BCUT2D eigenvalue weighted by Crippen LogP contribution is -2.06. The number of aryl methyl sites for hydroxylation is 1. The molecule has 70 valence electrons. The Morgan fingerprint density at radius 3 is 2.77 bits per heavy atom. The van der Waals surface area contributed by atoms with E-state index in [9.17, 15) is 4.39 Å². The molecule has 0 aliphatic heterocycles. The number of nitrogens with zero attached hydrogens (tertiary/aromatic N) is 1. The van der Waals surface area contributed by atoms with E-state index in [0.29, 0.717) is 6.42 Å². The number of aromatic nitrogens is 1. The summed E-state index contributed by atoms with van der Waals surface area (Å²) in [4.78, 5) is 0. The van der Waals surface area contributed by atoms with E-state index in [1.165, 1.54) is 5.57 Å². The fraction of sp³-hybridized carbons (Fsp3) is 0.455. The van der Waals surface area contributed by atoms with Gasteiger partial charge in [-0.1, -0.05) is 6.08 Å². The van der Waals surface area contributed by atoms with Crippen molar-refractivity contribution in [3.8, 4) is 0 Å². The first-order chi connectivity index (χ1) is 6.11. The molecule has 13 heavy (non-hydrogen) atoms. The first-order valence-corrected chi connectivity index (χ1v) is 4.58. The molecule has 1 heterocycles. The van der Waals surface area contributed by atoms with Gasteiger partial charge in [0.15, 0.2) is 0 Å². The van der Waals surface area contributed by atoms with Crippen LogP contribution in [0.4, 0.5) is 4.39 Å². The molecule has 1 aliphatic carbocycles. The van der Waals surface area contributed by atoms with Crippen LogP contribution in [0, 0.1) is 6.92 Å². The second-order valence-corrected chi connectivity index (χ2v) is 3.73. The lowest BCUT2D eigenvalue weighted by Gasteiger charge is -2.16. The quantitative estimate of drug-likeness (QED) is 0.576. The van der Waals surface area contributed by atoms with Crippen LogP contribution in [0.5, 0.6) is 0 Å². The summed E-state index contributed by atoms with van der Waals surface area (Å²) in [5.41, 5.74) is 4.26. The zero-order valence-corrected chi connectivity index (χ0v) is 8.26. The van der Waals surface area contributed by atoms with Gasteiger partial charge in [-0.15, -0.1) is 0 Å². The minimum Gasteiger partial charge on any atom is -0.349 e. The SMILES string of the molecule is CC1=CCC(F)c2c1cc(C)n2C. The maximum atomic E-state index is 13.6. The molecule has 1 atom stereocenters. The maximum absolute atomic E-state index is 13.6. The van der Waals surface area contributed by atoms with Crippen LogP contribution in [-0.4, -0.2) is 4.57 Å². The molecule has 0 N–H and O–H groups in total. The highest BCUT2D eigenvalue weighted by atomic mass is 19.1. The monoisotopic (exact) mass is 179 g/mol. The summed E-state index contributed by atoms with van der Waals surface area (Å²) in [5.74, 6) is 0. The molecule has 0 amide bonds. The summed E-state index contributed by atoms with van der Waals surface area (Å²) in [6, 6.07) is 2.06. The number of allylic oxidation sites excluding steroid dienone is 2. The van der Waals surface area contributed by atoms with Crippen molar-refractivity contribution in [2.24, 2.45) is 7.05 Å². The van der Waals surface area contributed by atoms with Crippen molar-refractivity contribution < 1.29 is 4.39 Å². The molecule has 1 nitrogen and oxygen atoms in total. The summed E-state index contributed by atoms with van der Waals surface area (Å²) in [7, 11) is 1.93. The zero-order valence-electron chi connectivity index (χ0n) is 8.26. The molecule has 0 bridgehead atoms. The third-order valence-corrected chi connectivity index (χ3v) is 2.87. The van der Waals surface area contributed by atoms with Crippen molar-refractivity contribution in [1.29, 1.82) is 0 Å². The first-order valence-electron chi connectivity index (χ1n) is 4.58. The van der Waals surface area contributed by atoms with E-state index < -0.39 is 6.17 Å². The minimum atomic E-state index is -0.822. The molecule has 1 aliphatic rings. The van der Waals surface area contributed by atoms with Crippen molar-refractivity contribution in [3.63, 3.8) is 0 Å². The van der Waals surface area contributed by atoms with Crippen molar-refractivity contribution in [3.05, 3.63) is 29.1 Å². The van der Waals surface area contributed by atoms with E-state index in [1.54, 1.807) is 0 Å². The van der Waals surface area contributed by atoms with E-state index in [0.717, 1.165) is 17.0 Å². The number of fused-ring (bicyclic) bond motifs is 1. The molecule has 0 spiro atoms. The van der Waals surface area contributed by atoms with Crippen molar-refractivity contribution in [2.75, 3.05) is 0 Å². The molecule has 2 rings (SSSR count). The number of rotatable bonds is 0. The Balaban J connectivity index is 2.66. The number of hydrogen-bond acceptors (Lipinski definition) is 0. The molecule has 1 unspecified atom stereocenters. The Morgan fingerprint density at radius 2 is 2.15 bits per heavy atom. The average Bonchev–Trinajstić information content (AvgIpc) is 2.38. The first kappa shape index (κ1) is 8.54. The highest BCUT2D eigenvalue weighted by molar-refractivity contribution is 5.69. The topological polar surface area (TPSA) is 4.93 Å². The van der Waals surface area contributed by atoms with Gasteiger partial charge in [0.1, 0.15) is 6.17 Å². The summed E-state index contributed by atoms with van der Waals surface area (Å²) in [5, 5.41) is 0. The molecule has 0 radical (unpaired) electrons. The molecule has 1 aromatic heterocycles. The summed E-state index contributed by atoms with van der Waals surface area (Å²) in [6.45, 7) is 4.06. The third kappa shape index (κ3) is 1.12. The molecular weight excluding hydrogens is 165 g/mol. The third-order valence-electron chi connectivity index (χ3n) is 2.87. The molecule has 1 aromatic rings. The normalized spacial score (nSPS) is 21.2. The van der Waals surface area contributed by atoms with Gasteiger partial charge in [0.05, 0.1) is 5.69 Å². The molecule has 0 saturated carbocycles. The van der Waals surface area contributed by atoms with Crippen LogP contribution in [0.25, 0.3) is 5.57 Å². The Hall–Kier alpha value is -1.05. The zero-order chi connectivity index (χ0) is 9.59. The highest BCUT2D eigenvalue weighted by Crippen LogP contribution is 2.36. The molecule has 0 fully saturated rings. The fourth-order valence-corrected chi connectivity index (χ4v) is 1.95. The van der Waals surface area contributed by atoms with Gasteiger partial charge >= 0.3 is 0 Å². The predicted octanol–water partition coefficient (Wildman–Crippen LogP) is 3.15. The standard InChI is InChI=1S/C11H14FN/c1-7-4-5-10(12)11-9(7)6-8(2)13(11)3/h4,6,10H,5H2,1-3H3. The Bertz CT molecular complexity index is 374. The maximum Gasteiger partial charge on any atom is 0.144 e. The number of alkyl halides is 1.